The van der Waals surface area contributed by atoms with Crippen molar-refractivity contribution < 1.29 is 9.53 Å². The van der Waals surface area contributed by atoms with Gasteiger partial charge in [-0.3, -0.25) is 4.79 Å². The largest absolute Gasteiger partial charge is 0.483 e. The molecule has 0 aliphatic heterocycles. The summed E-state index contributed by atoms with van der Waals surface area (Å²) in [6, 6.07) is 13.8. The van der Waals surface area contributed by atoms with Gasteiger partial charge in [0, 0.05) is 22.8 Å². The Morgan fingerprint density at radius 1 is 1.19 bits per heavy atom. The number of aromatic nitrogens is 1. The molecule has 0 saturated carbocycles. The molecule has 0 aliphatic carbocycles. The van der Waals surface area contributed by atoms with Crippen LogP contribution in [0.25, 0.3) is 10.6 Å². The second kappa shape index (κ2) is 8.15. The zero-order valence-corrected chi connectivity index (χ0v) is 16.0. The van der Waals surface area contributed by atoms with Crippen LogP contribution < -0.4 is 10.1 Å². The van der Waals surface area contributed by atoms with E-state index in [1.54, 1.807) is 17.5 Å². The van der Waals surface area contributed by atoms with Gasteiger partial charge in [0.25, 0.3) is 5.91 Å². The zero-order chi connectivity index (χ0) is 18.5. The number of thiazole rings is 1. The Kier molecular flexibility index (Phi) is 5.68. The van der Waals surface area contributed by atoms with Crippen molar-refractivity contribution in [2.24, 2.45) is 0 Å². The summed E-state index contributed by atoms with van der Waals surface area (Å²) in [6.07, 6.45) is 1.78. The Hall–Kier alpha value is -2.66. The van der Waals surface area contributed by atoms with Crippen molar-refractivity contribution >= 4 is 22.9 Å². The van der Waals surface area contributed by atoms with Gasteiger partial charge in [0.05, 0.1) is 0 Å². The average molecular weight is 366 g/mol. The number of nitrogens with one attached hydrogen (secondary N) is 1. The number of anilines is 1. The molecule has 3 rings (SSSR count). The molecule has 0 spiro atoms. The lowest BCUT2D eigenvalue weighted by Crippen LogP contribution is -2.20. The number of nitrogens with zero attached hydrogens (tertiary/aromatic N) is 1. The van der Waals surface area contributed by atoms with Crippen molar-refractivity contribution in [3.63, 3.8) is 0 Å². The molecule has 3 aromatic rings. The molecule has 4 nitrogen and oxygen atoms in total. The number of hydrogen-bond acceptors (Lipinski definition) is 4. The smallest absolute Gasteiger partial charge is 0.262 e. The van der Waals surface area contributed by atoms with Gasteiger partial charge in [-0.25, -0.2) is 4.98 Å². The second-order valence-electron chi connectivity index (χ2n) is 6.45. The van der Waals surface area contributed by atoms with Gasteiger partial charge in [-0.2, -0.15) is 0 Å². The lowest BCUT2D eigenvalue weighted by Gasteiger charge is -2.15. The first-order chi connectivity index (χ1) is 12.5. The molecule has 134 valence electrons. The van der Waals surface area contributed by atoms with E-state index in [-0.39, 0.29) is 12.5 Å². The molecule has 0 atom stereocenters. The molecule has 0 saturated heterocycles. The number of amides is 1. The average Bonchev–Trinajstić information content (AvgIpc) is 3.15. The van der Waals surface area contributed by atoms with E-state index < -0.39 is 0 Å². The summed E-state index contributed by atoms with van der Waals surface area (Å²) < 4.78 is 5.78. The highest BCUT2D eigenvalue weighted by Gasteiger charge is 2.10. The normalized spacial score (nSPS) is 10.8. The van der Waals surface area contributed by atoms with Crippen molar-refractivity contribution in [2.45, 2.75) is 26.7 Å². The van der Waals surface area contributed by atoms with Gasteiger partial charge >= 0.3 is 0 Å². The molecule has 26 heavy (non-hydrogen) atoms. The fourth-order valence-electron chi connectivity index (χ4n) is 2.65. The maximum absolute atomic E-state index is 12.2. The Morgan fingerprint density at radius 2 is 1.96 bits per heavy atom. The number of hydrogen-bond donors (Lipinski definition) is 1. The summed E-state index contributed by atoms with van der Waals surface area (Å²) in [5, 5.41) is 5.78. The van der Waals surface area contributed by atoms with Crippen LogP contribution in [-0.2, 0) is 4.79 Å². The molecule has 0 fully saturated rings. The van der Waals surface area contributed by atoms with E-state index in [9.17, 15) is 4.79 Å². The van der Waals surface area contributed by atoms with E-state index in [1.165, 1.54) is 0 Å². The molecule has 0 unspecified atom stereocenters. The van der Waals surface area contributed by atoms with Crippen LogP contribution in [0, 0.1) is 6.92 Å². The van der Waals surface area contributed by atoms with Crippen molar-refractivity contribution in [2.75, 3.05) is 11.9 Å². The molecule has 0 bridgehead atoms. The van der Waals surface area contributed by atoms with Gasteiger partial charge in [-0.05, 0) is 54.3 Å². The standard InChI is InChI=1S/C21H22N2O2S/c1-14(2)18-9-4-15(3)12-19(18)25-13-20(24)23-17-7-5-16(6-8-17)21-22-10-11-26-21/h4-12,14H,13H2,1-3H3,(H,23,24). The lowest BCUT2D eigenvalue weighted by molar-refractivity contribution is -0.118. The first-order valence-electron chi connectivity index (χ1n) is 8.56. The predicted molar refractivity (Wildman–Crippen MR) is 107 cm³/mol. The second-order valence-corrected chi connectivity index (χ2v) is 7.34. The third kappa shape index (κ3) is 4.49. The highest BCUT2D eigenvalue weighted by Crippen LogP contribution is 2.27. The minimum Gasteiger partial charge on any atom is -0.483 e. The monoisotopic (exact) mass is 366 g/mol. The molecule has 0 radical (unpaired) electrons. The molecule has 5 heteroatoms. The summed E-state index contributed by atoms with van der Waals surface area (Å²) in [6.45, 7) is 6.22. The van der Waals surface area contributed by atoms with Gasteiger partial charge < -0.3 is 10.1 Å². The maximum atomic E-state index is 12.2. The minimum absolute atomic E-state index is 0.0165. The van der Waals surface area contributed by atoms with Crippen LogP contribution >= 0.6 is 11.3 Å². The van der Waals surface area contributed by atoms with Crippen LogP contribution in [0.2, 0.25) is 0 Å². The van der Waals surface area contributed by atoms with Crippen LogP contribution in [0.15, 0.2) is 54.0 Å². The predicted octanol–water partition coefficient (Wildman–Crippen LogP) is 5.26. The molecule has 1 heterocycles. The quantitative estimate of drug-likeness (QED) is 0.647. The summed E-state index contributed by atoms with van der Waals surface area (Å²) in [5.41, 5.74) is 4.00. The number of carbonyl (C=O) groups is 1. The number of aryl methyl sites for hydroxylation is 1. The zero-order valence-electron chi connectivity index (χ0n) is 15.2. The number of ether oxygens (including phenoxy) is 1. The molecule has 1 aromatic heterocycles. The van der Waals surface area contributed by atoms with Crippen molar-refractivity contribution in [1.29, 1.82) is 0 Å². The first-order valence-corrected chi connectivity index (χ1v) is 9.44. The Bertz CT molecular complexity index is 872. The number of benzene rings is 2. The molecular weight excluding hydrogens is 344 g/mol. The van der Waals surface area contributed by atoms with E-state index in [1.807, 2.05) is 42.6 Å². The van der Waals surface area contributed by atoms with Gasteiger partial charge in [0.15, 0.2) is 6.61 Å². The Labute approximate surface area is 157 Å². The summed E-state index contributed by atoms with van der Waals surface area (Å²) in [7, 11) is 0. The SMILES string of the molecule is Cc1ccc(C(C)C)c(OCC(=O)Nc2ccc(-c3nccs3)cc2)c1. The van der Waals surface area contributed by atoms with Crippen LogP contribution in [0.5, 0.6) is 5.75 Å². The Morgan fingerprint density at radius 3 is 2.62 bits per heavy atom. The number of carbonyl (C=O) groups excluding carboxylic acids is 1. The van der Waals surface area contributed by atoms with E-state index >= 15 is 0 Å². The summed E-state index contributed by atoms with van der Waals surface area (Å²) in [5.74, 6) is 0.935. The van der Waals surface area contributed by atoms with Gasteiger partial charge in [0.2, 0.25) is 0 Å². The highest BCUT2D eigenvalue weighted by molar-refractivity contribution is 7.13. The van der Waals surface area contributed by atoms with E-state index in [2.05, 4.69) is 36.3 Å². The van der Waals surface area contributed by atoms with Crippen LogP contribution in [0.4, 0.5) is 5.69 Å². The topological polar surface area (TPSA) is 51.2 Å². The minimum atomic E-state index is -0.178. The van der Waals surface area contributed by atoms with Crippen molar-refractivity contribution in [1.82, 2.24) is 4.98 Å². The lowest BCUT2D eigenvalue weighted by atomic mass is 10.0. The van der Waals surface area contributed by atoms with Gasteiger partial charge in [-0.15, -0.1) is 11.3 Å². The summed E-state index contributed by atoms with van der Waals surface area (Å²) in [4.78, 5) is 16.5. The number of rotatable bonds is 6. The van der Waals surface area contributed by atoms with E-state index in [4.69, 9.17) is 4.74 Å². The van der Waals surface area contributed by atoms with Crippen LogP contribution in [0.3, 0.4) is 0 Å². The fourth-order valence-corrected chi connectivity index (χ4v) is 3.29. The van der Waals surface area contributed by atoms with Gasteiger partial charge in [-0.1, -0.05) is 26.0 Å². The first kappa shape index (κ1) is 18.1. The Balaban J connectivity index is 1.60. The molecule has 1 N–H and O–H groups in total. The van der Waals surface area contributed by atoms with Crippen LogP contribution in [0.1, 0.15) is 30.9 Å². The van der Waals surface area contributed by atoms with Crippen molar-refractivity contribution in [3.8, 4) is 16.3 Å². The molecular formula is C21H22N2O2S. The maximum Gasteiger partial charge on any atom is 0.262 e. The molecule has 2 aromatic carbocycles. The third-order valence-electron chi connectivity index (χ3n) is 4.00. The van der Waals surface area contributed by atoms with Crippen molar-refractivity contribution in [3.05, 3.63) is 65.2 Å². The molecule has 1 amide bonds. The van der Waals surface area contributed by atoms with E-state index in [0.29, 0.717) is 5.92 Å². The van der Waals surface area contributed by atoms with Crippen LogP contribution in [-0.4, -0.2) is 17.5 Å². The fraction of sp³-hybridized carbons (Fsp3) is 0.238. The molecule has 0 aliphatic rings. The third-order valence-corrected chi connectivity index (χ3v) is 4.82. The highest BCUT2D eigenvalue weighted by atomic mass is 32.1. The van der Waals surface area contributed by atoms with E-state index in [0.717, 1.165) is 33.1 Å². The van der Waals surface area contributed by atoms with Gasteiger partial charge in [0.1, 0.15) is 10.8 Å². The summed E-state index contributed by atoms with van der Waals surface area (Å²) >= 11 is 1.59.